The number of halogens is 1. The van der Waals surface area contributed by atoms with E-state index in [-0.39, 0.29) is 0 Å². The molecular weight excluding hydrogens is 466 g/mol. The van der Waals surface area contributed by atoms with Gasteiger partial charge in [0, 0.05) is 31.7 Å². The molecule has 5 aromatic carbocycles. The number of hydrogen-bond donors (Lipinski definition) is 0. The van der Waals surface area contributed by atoms with E-state index in [1.807, 2.05) is 17.8 Å². The van der Waals surface area contributed by atoms with Gasteiger partial charge < -0.3 is 4.57 Å². The van der Waals surface area contributed by atoms with Gasteiger partial charge in [0.05, 0.1) is 16.7 Å². The van der Waals surface area contributed by atoms with Gasteiger partial charge in [-0.1, -0.05) is 90.5 Å². The van der Waals surface area contributed by atoms with Gasteiger partial charge in [-0.3, -0.25) is 0 Å². The highest BCUT2D eigenvalue weighted by molar-refractivity contribution is 8.00. The van der Waals surface area contributed by atoms with E-state index < -0.39 is 0 Å². The molecule has 1 aromatic heterocycles. The lowest BCUT2D eigenvalue weighted by Crippen LogP contribution is -2.00. The fourth-order valence-electron chi connectivity index (χ4n) is 6.10. The minimum Gasteiger partial charge on any atom is -0.309 e. The lowest BCUT2D eigenvalue weighted by Gasteiger charge is -2.18. The first-order valence-corrected chi connectivity index (χ1v) is 13.3. The molecule has 0 amide bonds. The fraction of sp³-hybridized carbons (Fsp3) is 0.0625. The molecule has 3 heteroatoms. The van der Waals surface area contributed by atoms with E-state index in [0.717, 1.165) is 5.02 Å². The van der Waals surface area contributed by atoms with E-state index in [9.17, 15) is 0 Å². The van der Waals surface area contributed by atoms with Crippen LogP contribution in [0.1, 0.15) is 21.6 Å². The summed E-state index contributed by atoms with van der Waals surface area (Å²) < 4.78 is 2.47. The van der Waals surface area contributed by atoms with E-state index in [1.165, 1.54) is 60.5 Å². The number of benzene rings is 5. The molecule has 0 saturated carbocycles. The quantitative estimate of drug-likeness (QED) is 0.221. The second-order valence-corrected chi connectivity index (χ2v) is 11.1. The average Bonchev–Trinajstić information content (AvgIpc) is 3.59. The Balaban J connectivity index is 1.60. The molecule has 0 radical (unpaired) electrons. The summed E-state index contributed by atoms with van der Waals surface area (Å²) in [5.74, 6) is 0. The molecule has 2 unspecified atom stereocenters. The Hall–Kier alpha value is -3.46. The fourth-order valence-corrected chi connectivity index (χ4v) is 7.70. The van der Waals surface area contributed by atoms with Crippen LogP contribution in [0.15, 0.2) is 109 Å². The normalized spacial score (nSPS) is 18.2. The lowest BCUT2D eigenvalue weighted by molar-refractivity contribution is 1.13. The maximum atomic E-state index is 6.54. The average molecular weight is 486 g/mol. The first-order valence-electron chi connectivity index (χ1n) is 12.0. The maximum Gasteiger partial charge on any atom is 0.0551 e. The summed E-state index contributed by atoms with van der Waals surface area (Å²) in [6, 6.07) is 35.0. The Labute approximate surface area is 212 Å². The van der Waals surface area contributed by atoms with Crippen molar-refractivity contribution in [3.63, 3.8) is 0 Å². The third kappa shape index (κ3) is 2.73. The zero-order chi connectivity index (χ0) is 23.1. The predicted molar refractivity (Wildman–Crippen MR) is 151 cm³/mol. The van der Waals surface area contributed by atoms with E-state index in [4.69, 9.17) is 11.6 Å². The molecule has 35 heavy (non-hydrogen) atoms. The summed E-state index contributed by atoms with van der Waals surface area (Å²) >= 11 is 8.58. The minimum atomic E-state index is 0.396. The van der Waals surface area contributed by atoms with Crippen LogP contribution in [-0.4, -0.2) is 4.57 Å². The maximum absolute atomic E-state index is 6.54. The standard InChI is InChI=1S/C32H20ClNS/c33-21-10-5-9-20(17-21)30-31-23-12-3-4-13-26(23)34(25-14-6-8-19-7-1-2-11-22(19)25)27(31)18-24-28-15-16-29(35-28)32(24)30/h1-18,28-29H. The Morgan fingerprint density at radius 3 is 2.37 bits per heavy atom. The SMILES string of the molecule is Clc1cccc(-c2c3c(cc4c2c2ccccc2n4-c2cccc4ccccc24)C2C=CC3S2)c1. The van der Waals surface area contributed by atoms with Crippen LogP contribution in [0.4, 0.5) is 0 Å². The summed E-state index contributed by atoms with van der Waals surface area (Å²) in [7, 11) is 0. The van der Waals surface area contributed by atoms with Gasteiger partial charge >= 0.3 is 0 Å². The van der Waals surface area contributed by atoms with Crippen molar-refractivity contribution in [2.75, 3.05) is 0 Å². The van der Waals surface area contributed by atoms with Crippen LogP contribution in [0, 0.1) is 0 Å². The Morgan fingerprint density at radius 1 is 0.686 bits per heavy atom. The highest BCUT2D eigenvalue weighted by Crippen LogP contribution is 2.61. The molecule has 6 aromatic rings. The van der Waals surface area contributed by atoms with Crippen LogP contribution in [0.3, 0.4) is 0 Å². The predicted octanol–water partition coefficient (Wildman–Crippen LogP) is 9.66. The second kappa shape index (κ2) is 7.27. The Kier molecular flexibility index (Phi) is 4.11. The third-order valence-corrected chi connectivity index (χ3v) is 9.13. The summed E-state index contributed by atoms with van der Waals surface area (Å²) in [6.45, 7) is 0. The number of hydrogen-bond acceptors (Lipinski definition) is 1. The van der Waals surface area contributed by atoms with Gasteiger partial charge in [0.1, 0.15) is 0 Å². The molecule has 2 atom stereocenters. The number of aromatic nitrogens is 1. The molecule has 1 nitrogen and oxygen atoms in total. The van der Waals surface area contributed by atoms with Crippen LogP contribution >= 0.6 is 23.4 Å². The highest BCUT2D eigenvalue weighted by atomic mass is 35.5. The van der Waals surface area contributed by atoms with Gasteiger partial charge in [-0.25, -0.2) is 0 Å². The zero-order valence-electron chi connectivity index (χ0n) is 18.8. The molecule has 0 saturated heterocycles. The van der Waals surface area contributed by atoms with Gasteiger partial charge in [0.15, 0.2) is 0 Å². The molecule has 2 aliphatic heterocycles. The first-order chi connectivity index (χ1) is 17.3. The molecular formula is C32H20ClNS. The molecule has 0 aliphatic carbocycles. The van der Waals surface area contributed by atoms with E-state index in [2.05, 4.69) is 108 Å². The number of rotatable bonds is 2. The molecule has 8 rings (SSSR count). The van der Waals surface area contributed by atoms with Crippen LogP contribution in [0.25, 0.3) is 49.4 Å². The number of thioether (sulfide) groups is 1. The van der Waals surface area contributed by atoms with Crippen molar-refractivity contribution in [3.8, 4) is 16.8 Å². The van der Waals surface area contributed by atoms with Crippen LogP contribution in [-0.2, 0) is 0 Å². The van der Waals surface area contributed by atoms with E-state index in [1.54, 1.807) is 0 Å². The van der Waals surface area contributed by atoms with Crippen molar-refractivity contribution in [2.45, 2.75) is 10.5 Å². The van der Waals surface area contributed by atoms with Crippen LogP contribution in [0.2, 0.25) is 5.02 Å². The smallest absolute Gasteiger partial charge is 0.0551 e. The summed E-state index contributed by atoms with van der Waals surface area (Å²) in [5, 5.41) is 6.70. The third-order valence-electron chi connectivity index (χ3n) is 7.50. The minimum absolute atomic E-state index is 0.396. The van der Waals surface area contributed by atoms with Crippen molar-refractivity contribution >= 4 is 55.9 Å². The zero-order valence-corrected chi connectivity index (χ0v) is 20.4. The van der Waals surface area contributed by atoms with Crippen LogP contribution < -0.4 is 0 Å². The van der Waals surface area contributed by atoms with Gasteiger partial charge in [-0.15, -0.1) is 11.8 Å². The van der Waals surface area contributed by atoms with Gasteiger partial charge in [0.2, 0.25) is 0 Å². The summed E-state index contributed by atoms with van der Waals surface area (Å²) in [4.78, 5) is 0. The highest BCUT2D eigenvalue weighted by Gasteiger charge is 2.37. The van der Waals surface area contributed by atoms with Gasteiger partial charge in [0.25, 0.3) is 0 Å². The van der Waals surface area contributed by atoms with E-state index >= 15 is 0 Å². The molecule has 2 bridgehead atoms. The molecule has 0 fully saturated rings. The van der Waals surface area contributed by atoms with Crippen molar-refractivity contribution < 1.29 is 0 Å². The van der Waals surface area contributed by atoms with Crippen molar-refractivity contribution in [1.82, 2.24) is 4.57 Å². The Bertz CT molecular complexity index is 1860. The molecule has 0 spiro atoms. The topological polar surface area (TPSA) is 4.93 Å². The number of para-hydroxylation sites is 1. The van der Waals surface area contributed by atoms with Crippen LogP contribution in [0.5, 0.6) is 0 Å². The molecule has 3 heterocycles. The largest absolute Gasteiger partial charge is 0.309 e. The molecule has 166 valence electrons. The molecule has 2 aliphatic rings. The first kappa shape index (κ1) is 19.8. The lowest BCUT2D eigenvalue weighted by atomic mass is 9.86. The second-order valence-electron chi connectivity index (χ2n) is 9.37. The summed E-state index contributed by atoms with van der Waals surface area (Å²) in [5.41, 5.74) is 9.14. The Morgan fingerprint density at radius 2 is 1.46 bits per heavy atom. The van der Waals surface area contributed by atoms with E-state index in [0.29, 0.717) is 10.5 Å². The summed E-state index contributed by atoms with van der Waals surface area (Å²) in [6.07, 6.45) is 4.75. The monoisotopic (exact) mass is 485 g/mol. The van der Waals surface area contributed by atoms with Gasteiger partial charge in [-0.05, 0) is 58.0 Å². The molecule has 0 N–H and O–H groups in total. The number of fused-ring (bicyclic) bond motifs is 9. The van der Waals surface area contributed by atoms with Crippen molar-refractivity contribution in [1.29, 1.82) is 0 Å². The van der Waals surface area contributed by atoms with Crippen molar-refractivity contribution in [2.24, 2.45) is 0 Å². The van der Waals surface area contributed by atoms with Crippen molar-refractivity contribution in [3.05, 3.63) is 125 Å². The van der Waals surface area contributed by atoms with Gasteiger partial charge in [-0.2, -0.15) is 0 Å². The number of nitrogens with zero attached hydrogens (tertiary/aromatic N) is 1.